The first kappa shape index (κ1) is 20.2. The molecule has 2 aromatic carbocycles. The molecule has 30 heavy (non-hydrogen) atoms. The van der Waals surface area contributed by atoms with Crippen molar-refractivity contribution in [3.63, 3.8) is 0 Å². The third-order valence-corrected chi connectivity index (χ3v) is 5.63. The Morgan fingerprint density at radius 3 is 2.67 bits per heavy atom. The number of nitrogens with zero attached hydrogens (tertiary/aromatic N) is 1. The van der Waals surface area contributed by atoms with E-state index in [1.165, 1.54) is 6.21 Å². The fourth-order valence-electron chi connectivity index (χ4n) is 3.39. The smallest absolute Gasteiger partial charge is 0.253 e. The van der Waals surface area contributed by atoms with Gasteiger partial charge in [-0.05, 0) is 35.9 Å². The van der Waals surface area contributed by atoms with Crippen LogP contribution in [-0.4, -0.2) is 24.6 Å². The van der Waals surface area contributed by atoms with Gasteiger partial charge in [-0.2, -0.15) is 5.10 Å². The topological polar surface area (TPSA) is 83.7 Å². The molecular weight excluding hydrogens is 425 g/mol. The highest BCUT2D eigenvalue weighted by Gasteiger charge is 2.40. The van der Waals surface area contributed by atoms with Gasteiger partial charge in [0.25, 0.3) is 5.91 Å². The van der Waals surface area contributed by atoms with Crippen LogP contribution >= 0.6 is 23.2 Å². The van der Waals surface area contributed by atoms with Crippen LogP contribution in [0.5, 0.6) is 0 Å². The lowest BCUT2D eigenvalue weighted by molar-refractivity contribution is -0.133. The first-order chi connectivity index (χ1) is 14.5. The predicted octanol–water partition coefficient (Wildman–Crippen LogP) is 4.23. The molecule has 2 atom stereocenters. The molecule has 1 saturated heterocycles. The van der Waals surface area contributed by atoms with Crippen LogP contribution in [0.2, 0.25) is 10.0 Å². The first-order valence-electron chi connectivity index (χ1n) is 9.24. The molecule has 0 saturated carbocycles. The second-order valence-electron chi connectivity index (χ2n) is 6.81. The van der Waals surface area contributed by atoms with Crippen LogP contribution in [-0.2, 0) is 9.59 Å². The zero-order valence-corrected chi connectivity index (χ0v) is 17.2. The molecule has 0 unspecified atom stereocenters. The van der Waals surface area contributed by atoms with Gasteiger partial charge in [0, 0.05) is 18.0 Å². The van der Waals surface area contributed by atoms with Crippen molar-refractivity contribution in [2.75, 3.05) is 6.54 Å². The summed E-state index contributed by atoms with van der Waals surface area (Å²) in [6.45, 7) is 0.413. The van der Waals surface area contributed by atoms with Crippen LogP contribution in [0.4, 0.5) is 0 Å². The third kappa shape index (κ3) is 4.25. The van der Waals surface area contributed by atoms with Gasteiger partial charge in [-0.15, -0.1) is 0 Å². The standard InChI is InChI=1S/C22H17Cl2N3O3/c23-17-8-6-14(10-18(17)24)19-9-7-15(30-19)11-26-27-22(29)20-16(12-25-21(20)28)13-4-2-1-3-5-13/h1-11,16,20H,12H2,(H,25,28)(H,27,29)/b26-11+/t16-,20-/m0/s1. The number of hydrazone groups is 1. The van der Waals surface area contributed by atoms with Gasteiger partial charge < -0.3 is 9.73 Å². The van der Waals surface area contributed by atoms with E-state index in [0.29, 0.717) is 28.1 Å². The molecule has 4 rings (SSSR count). The summed E-state index contributed by atoms with van der Waals surface area (Å²) in [6.07, 6.45) is 1.38. The number of carbonyl (C=O) groups excluding carboxylic acids is 2. The summed E-state index contributed by atoms with van der Waals surface area (Å²) in [5.74, 6) is -0.831. The minimum atomic E-state index is -0.840. The number of rotatable bonds is 5. The molecule has 0 bridgehead atoms. The Kier molecular flexibility index (Phi) is 5.88. The Hall–Kier alpha value is -3.09. The van der Waals surface area contributed by atoms with E-state index in [1.807, 2.05) is 30.3 Å². The Morgan fingerprint density at radius 1 is 1.10 bits per heavy atom. The zero-order chi connectivity index (χ0) is 21.1. The monoisotopic (exact) mass is 441 g/mol. The second kappa shape index (κ2) is 8.73. The molecule has 152 valence electrons. The van der Waals surface area contributed by atoms with Crippen molar-refractivity contribution < 1.29 is 14.0 Å². The number of carbonyl (C=O) groups is 2. The van der Waals surface area contributed by atoms with E-state index in [1.54, 1.807) is 30.3 Å². The number of hydrogen-bond acceptors (Lipinski definition) is 4. The van der Waals surface area contributed by atoms with Crippen molar-refractivity contribution in [2.45, 2.75) is 5.92 Å². The van der Waals surface area contributed by atoms with Gasteiger partial charge in [-0.25, -0.2) is 5.43 Å². The second-order valence-corrected chi connectivity index (χ2v) is 7.62. The number of hydrogen-bond donors (Lipinski definition) is 2. The maximum absolute atomic E-state index is 12.6. The molecule has 1 fully saturated rings. The van der Waals surface area contributed by atoms with Gasteiger partial charge in [0.2, 0.25) is 5.91 Å². The number of nitrogens with one attached hydrogen (secondary N) is 2. The molecule has 1 aromatic heterocycles. The highest BCUT2D eigenvalue weighted by atomic mass is 35.5. The van der Waals surface area contributed by atoms with E-state index in [4.69, 9.17) is 27.6 Å². The predicted molar refractivity (Wildman–Crippen MR) is 116 cm³/mol. The molecule has 0 aliphatic carbocycles. The lowest BCUT2D eigenvalue weighted by Gasteiger charge is -2.15. The van der Waals surface area contributed by atoms with E-state index >= 15 is 0 Å². The SMILES string of the molecule is O=C1NC[C@@H](c2ccccc2)[C@@H]1C(=O)N/N=C/c1ccc(-c2ccc(Cl)c(Cl)c2)o1. The van der Waals surface area contributed by atoms with Crippen molar-refractivity contribution in [2.24, 2.45) is 11.0 Å². The van der Waals surface area contributed by atoms with Crippen molar-refractivity contribution in [1.29, 1.82) is 0 Å². The maximum atomic E-state index is 12.6. The van der Waals surface area contributed by atoms with Crippen LogP contribution in [0.25, 0.3) is 11.3 Å². The fraction of sp³-hybridized carbons (Fsp3) is 0.136. The van der Waals surface area contributed by atoms with E-state index in [9.17, 15) is 9.59 Å². The van der Waals surface area contributed by atoms with E-state index < -0.39 is 11.8 Å². The largest absolute Gasteiger partial charge is 0.455 e. The van der Waals surface area contributed by atoms with Crippen LogP contribution in [0.15, 0.2) is 70.2 Å². The summed E-state index contributed by atoms with van der Waals surface area (Å²) < 4.78 is 5.70. The molecular formula is C22H17Cl2N3O3. The zero-order valence-electron chi connectivity index (χ0n) is 15.6. The molecule has 2 amide bonds. The molecule has 6 nitrogen and oxygen atoms in total. The first-order valence-corrected chi connectivity index (χ1v) is 9.99. The van der Waals surface area contributed by atoms with Gasteiger partial charge in [0.05, 0.1) is 16.3 Å². The third-order valence-electron chi connectivity index (χ3n) is 4.89. The lowest BCUT2D eigenvalue weighted by Crippen LogP contribution is -2.34. The summed E-state index contributed by atoms with van der Waals surface area (Å²) >= 11 is 12.0. The highest BCUT2D eigenvalue weighted by Crippen LogP contribution is 2.30. The van der Waals surface area contributed by atoms with E-state index in [2.05, 4.69) is 15.8 Å². The normalized spacial score (nSPS) is 18.5. The Bertz CT molecular complexity index is 1110. The summed E-state index contributed by atoms with van der Waals surface area (Å²) in [7, 11) is 0. The Morgan fingerprint density at radius 2 is 1.90 bits per heavy atom. The quantitative estimate of drug-likeness (QED) is 0.352. The molecule has 1 aliphatic rings. The van der Waals surface area contributed by atoms with Gasteiger partial charge in [0.1, 0.15) is 17.4 Å². The number of amides is 2. The number of benzene rings is 2. The molecule has 0 spiro atoms. The summed E-state index contributed by atoms with van der Waals surface area (Å²) in [5.41, 5.74) is 4.13. The Balaban J connectivity index is 1.43. The van der Waals surface area contributed by atoms with Gasteiger partial charge >= 0.3 is 0 Å². The lowest BCUT2D eigenvalue weighted by atomic mass is 9.88. The summed E-state index contributed by atoms with van der Waals surface area (Å²) in [6, 6.07) is 18.1. The minimum absolute atomic E-state index is 0.237. The van der Waals surface area contributed by atoms with Crippen molar-refractivity contribution in [3.8, 4) is 11.3 Å². The van der Waals surface area contributed by atoms with Crippen LogP contribution in [0.3, 0.4) is 0 Å². The van der Waals surface area contributed by atoms with Crippen LogP contribution < -0.4 is 10.7 Å². The maximum Gasteiger partial charge on any atom is 0.253 e. The Labute approximate surface area is 182 Å². The van der Waals surface area contributed by atoms with Gasteiger partial charge in [-0.3, -0.25) is 9.59 Å². The molecule has 8 heteroatoms. The van der Waals surface area contributed by atoms with Crippen LogP contribution in [0, 0.1) is 5.92 Å². The number of halogens is 2. The van der Waals surface area contributed by atoms with Crippen molar-refractivity contribution in [3.05, 3.63) is 82.0 Å². The van der Waals surface area contributed by atoms with Crippen molar-refractivity contribution in [1.82, 2.24) is 10.7 Å². The average Bonchev–Trinajstić information content (AvgIpc) is 3.37. The van der Waals surface area contributed by atoms with Crippen LogP contribution in [0.1, 0.15) is 17.2 Å². The van der Waals surface area contributed by atoms with Gasteiger partial charge in [0.15, 0.2) is 0 Å². The summed E-state index contributed by atoms with van der Waals surface area (Å²) in [4.78, 5) is 24.8. The molecule has 0 radical (unpaired) electrons. The van der Waals surface area contributed by atoms with Gasteiger partial charge in [-0.1, -0.05) is 53.5 Å². The molecule has 3 aromatic rings. The van der Waals surface area contributed by atoms with E-state index in [0.717, 1.165) is 11.1 Å². The highest BCUT2D eigenvalue weighted by molar-refractivity contribution is 6.42. The molecule has 2 N–H and O–H groups in total. The van der Waals surface area contributed by atoms with E-state index in [-0.39, 0.29) is 11.8 Å². The molecule has 1 aliphatic heterocycles. The minimum Gasteiger partial charge on any atom is -0.455 e. The summed E-state index contributed by atoms with van der Waals surface area (Å²) in [5, 5.41) is 7.57. The molecule has 2 heterocycles. The fourth-order valence-corrected chi connectivity index (χ4v) is 3.69. The number of furan rings is 1. The van der Waals surface area contributed by atoms with Crippen molar-refractivity contribution >= 4 is 41.2 Å². The average molecular weight is 442 g/mol.